The predicted octanol–water partition coefficient (Wildman–Crippen LogP) is 0.950. The first kappa shape index (κ1) is 8.87. The second kappa shape index (κ2) is 4.62. The molecule has 1 saturated heterocycles. The Labute approximate surface area is 70.8 Å². The van der Waals surface area contributed by atoms with Crippen molar-refractivity contribution in [2.75, 3.05) is 12.9 Å². The highest BCUT2D eigenvalue weighted by molar-refractivity contribution is 8.00. The van der Waals surface area contributed by atoms with E-state index in [0.29, 0.717) is 0 Å². The third-order valence-electron chi connectivity index (χ3n) is 1.67. The van der Waals surface area contributed by atoms with Gasteiger partial charge in [-0.25, -0.2) is 5.48 Å². The molecule has 1 fully saturated rings. The van der Waals surface area contributed by atoms with E-state index >= 15 is 0 Å². The SMILES string of the molecule is CONC(=O)C1CCCCS1. The van der Waals surface area contributed by atoms with Crippen LogP contribution in [0.1, 0.15) is 19.3 Å². The lowest BCUT2D eigenvalue weighted by atomic mass is 10.2. The molecule has 1 amide bonds. The van der Waals surface area contributed by atoms with Gasteiger partial charge in [0.2, 0.25) is 0 Å². The predicted molar refractivity (Wildman–Crippen MR) is 45.2 cm³/mol. The second-order valence-corrected chi connectivity index (χ2v) is 3.84. The molecule has 64 valence electrons. The summed E-state index contributed by atoms with van der Waals surface area (Å²) < 4.78 is 0. The molecule has 1 atom stereocenters. The zero-order valence-electron chi connectivity index (χ0n) is 6.63. The van der Waals surface area contributed by atoms with E-state index in [9.17, 15) is 4.79 Å². The monoisotopic (exact) mass is 175 g/mol. The Balaban J connectivity index is 2.27. The van der Waals surface area contributed by atoms with Crippen molar-refractivity contribution in [1.29, 1.82) is 0 Å². The fourth-order valence-electron chi connectivity index (χ4n) is 1.11. The topological polar surface area (TPSA) is 38.3 Å². The number of rotatable bonds is 2. The molecule has 0 spiro atoms. The van der Waals surface area contributed by atoms with E-state index in [1.165, 1.54) is 13.5 Å². The highest BCUT2D eigenvalue weighted by atomic mass is 32.2. The lowest BCUT2D eigenvalue weighted by Crippen LogP contribution is -2.33. The van der Waals surface area contributed by atoms with Crippen molar-refractivity contribution in [3.63, 3.8) is 0 Å². The molecule has 0 aromatic rings. The van der Waals surface area contributed by atoms with Crippen molar-refractivity contribution in [2.24, 2.45) is 0 Å². The van der Waals surface area contributed by atoms with Crippen LogP contribution in [0.3, 0.4) is 0 Å². The number of hydrogen-bond donors (Lipinski definition) is 1. The van der Waals surface area contributed by atoms with E-state index in [2.05, 4.69) is 10.3 Å². The number of hydrogen-bond acceptors (Lipinski definition) is 3. The van der Waals surface area contributed by atoms with Crippen molar-refractivity contribution < 1.29 is 9.63 Å². The van der Waals surface area contributed by atoms with Crippen LogP contribution in [0, 0.1) is 0 Å². The largest absolute Gasteiger partial charge is 0.277 e. The molecule has 0 aromatic carbocycles. The first-order valence-electron chi connectivity index (χ1n) is 3.79. The summed E-state index contributed by atoms with van der Waals surface area (Å²) in [5.41, 5.74) is 2.36. The van der Waals surface area contributed by atoms with Crippen LogP contribution in [-0.2, 0) is 9.63 Å². The minimum absolute atomic E-state index is 0.0113. The molecule has 0 aromatic heterocycles. The van der Waals surface area contributed by atoms with Crippen LogP contribution in [0.5, 0.6) is 0 Å². The summed E-state index contributed by atoms with van der Waals surface area (Å²) in [6.45, 7) is 0. The van der Waals surface area contributed by atoms with Crippen molar-refractivity contribution in [3.05, 3.63) is 0 Å². The van der Waals surface area contributed by atoms with Gasteiger partial charge >= 0.3 is 0 Å². The molecule has 0 bridgehead atoms. The van der Waals surface area contributed by atoms with Gasteiger partial charge in [-0.05, 0) is 18.6 Å². The molecule has 1 aliphatic rings. The van der Waals surface area contributed by atoms with Gasteiger partial charge in [0.05, 0.1) is 12.4 Å². The van der Waals surface area contributed by atoms with E-state index in [4.69, 9.17) is 0 Å². The minimum atomic E-state index is 0.0113. The molecule has 11 heavy (non-hydrogen) atoms. The average Bonchev–Trinajstić information content (AvgIpc) is 2.07. The van der Waals surface area contributed by atoms with Crippen LogP contribution >= 0.6 is 11.8 Å². The quantitative estimate of drug-likeness (QED) is 0.635. The summed E-state index contributed by atoms with van der Waals surface area (Å²) in [5.74, 6) is 1.11. The van der Waals surface area contributed by atoms with E-state index in [-0.39, 0.29) is 11.2 Å². The zero-order valence-corrected chi connectivity index (χ0v) is 7.45. The maximum Gasteiger partial charge on any atom is 0.256 e. The van der Waals surface area contributed by atoms with Crippen LogP contribution in [0.2, 0.25) is 0 Å². The molecule has 0 saturated carbocycles. The van der Waals surface area contributed by atoms with Gasteiger partial charge in [-0.2, -0.15) is 0 Å². The summed E-state index contributed by atoms with van der Waals surface area (Å²) in [6, 6.07) is 0. The number of amides is 1. The van der Waals surface area contributed by atoms with Crippen LogP contribution in [0.15, 0.2) is 0 Å². The summed E-state index contributed by atoms with van der Waals surface area (Å²) in [7, 11) is 1.46. The van der Waals surface area contributed by atoms with Crippen molar-refractivity contribution in [3.8, 4) is 0 Å². The number of carbonyl (C=O) groups is 1. The smallest absolute Gasteiger partial charge is 0.256 e. The fourth-order valence-corrected chi connectivity index (χ4v) is 2.30. The van der Waals surface area contributed by atoms with Gasteiger partial charge in [-0.1, -0.05) is 6.42 Å². The highest BCUT2D eigenvalue weighted by Crippen LogP contribution is 2.24. The van der Waals surface area contributed by atoms with Gasteiger partial charge in [-0.15, -0.1) is 11.8 Å². The molecule has 0 aliphatic carbocycles. The van der Waals surface area contributed by atoms with Gasteiger partial charge in [-0.3, -0.25) is 9.63 Å². The Bertz CT molecular complexity index is 134. The van der Waals surface area contributed by atoms with E-state index in [0.717, 1.165) is 18.6 Å². The maximum absolute atomic E-state index is 11.1. The molecule has 1 aliphatic heterocycles. The Morgan fingerprint density at radius 2 is 2.45 bits per heavy atom. The molecule has 3 nitrogen and oxygen atoms in total. The summed E-state index contributed by atoms with van der Waals surface area (Å²) >= 11 is 1.72. The third kappa shape index (κ3) is 2.71. The second-order valence-electron chi connectivity index (χ2n) is 2.53. The highest BCUT2D eigenvalue weighted by Gasteiger charge is 2.21. The number of hydroxylamine groups is 1. The number of nitrogens with one attached hydrogen (secondary N) is 1. The molecular formula is C7H13NO2S. The van der Waals surface area contributed by atoms with Crippen LogP contribution in [0.25, 0.3) is 0 Å². The first-order chi connectivity index (χ1) is 5.34. The van der Waals surface area contributed by atoms with Gasteiger partial charge in [0.1, 0.15) is 0 Å². The zero-order chi connectivity index (χ0) is 8.10. The average molecular weight is 175 g/mol. The van der Waals surface area contributed by atoms with E-state index < -0.39 is 0 Å². The molecule has 0 radical (unpaired) electrons. The first-order valence-corrected chi connectivity index (χ1v) is 4.84. The summed E-state index contributed by atoms with van der Waals surface area (Å²) in [6.07, 6.45) is 3.39. The van der Waals surface area contributed by atoms with Gasteiger partial charge in [0.15, 0.2) is 0 Å². The molecular weight excluding hydrogens is 162 g/mol. The molecule has 1 rings (SSSR count). The van der Waals surface area contributed by atoms with Gasteiger partial charge in [0, 0.05) is 0 Å². The number of thioether (sulfide) groups is 1. The normalized spacial score (nSPS) is 24.6. The Kier molecular flexibility index (Phi) is 3.72. The molecule has 1 heterocycles. The summed E-state index contributed by atoms with van der Waals surface area (Å²) in [5, 5.41) is 0.115. The number of carbonyl (C=O) groups excluding carboxylic acids is 1. The van der Waals surface area contributed by atoms with Crippen molar-refractivity contribution in [2.45, 2.75) is 24.5 Å². The Hall–Kier alpha value is -0.220. The van der Waals surface area contributed by atoms with Gasteiger partial charge in [0.25, 0.3) is 5.91 Å². The van der Waals surface area contributed by atoms with Crippen molar-refractivity contribution >= 4 is 17.7 Å². The fraction of sp³-hybridized carbons (Fsp3) is 0.857. The van der Waals surface area contributed by atoms with E-state index in [1.807, 2.05) is 0 Å². The Morgan fingerprint density at radius 1 is 1.64 bits per heavy atom. The Morgan fingerprint density at radius 3 is 3.00 bits per heavy atom. The van der Waals surface area contributed by atoms with Crippen LogP contribution in [-0.4, -0.2) is 24.0 Å². The third-order valence-corrected chi connectivity index (χ3v) is 3.05. The minimum Gasteiger partial charge on any atom is -0.277 e. The summed E-state index contributed by atoms with van der Waals surface area (Å²) in [4.78, 5) is 15.7. The molecule has 1 unspecified atom stereocenters. The van der Waals surface area contributed by atoms with Crippen LogP contribution in [0.4, 0.5) is 0 Å². The molecule has 1 N–H and O–H groups in total. The lowest BCUT2D eigenvalue weighted by Gasteiger charge is -2.19. The maximum atomic E-state index is 11.1. The lowest BCUT2D eigenvalue weighted by molar-refractivity contribution is -0.130. The molecule has 4 heteroatoms. The van der Waals surface area contributed by atoms with E-state index in [1.54, 1.807) is 11.8 Å². The van der Waals surface area contributed by atoms with Crippen molar-refractivity contribution in [1.82, 2.24) is 5.48 Å². The standard InChI is InChI=1S/C7H13NO2S/c1-10-8-7(9)6-4-2-3-5-11-6/h6H,2-5H2,1H3,(H,8,9). The van der Waals surface area contributed by atoms with Crippen LogP contribution < -0.4 is 5.48 Å². The van der Waals surface area contributed by atoms with Gasteiger partial charge < -0.3 is 0 Å².